The first-order valence-corrected chi connectivity index (χ1v) is 6.92. The molecule has 3 nitrogen and oxygen atoms in total. The van der Waals surface area contributed by atoms with Crippen molar-refractivity contribution in [1.82, 2.24) is 10.2 Å². The summed E-state index contributed by atoms with van der Waals surface area (Å²) in [5.74, 6) is 0. The summed E-state index contributed by atoms with van der Waals surface area (Å²) in [7, 11) is 0. The van der Waals surface area contributed by atoms with Gasteiger partial charge in [0.15, 0.2) is 0 Å². The van der Waals surface area contributed by atoms with E-state index in [0.717, 1.165) is 19.2 Å². The van der Waals surface area contributed by atoms with Gasteiger partial charge in [0.25, 0.3) is 0 Å². The Hall–Kier alpha value is -0.120. The zero-order valence-electron chi connectivity index (χ0n) is 10.6. The fraction of sp³-hybridized carbons (Fsp3) is 1.00. The van der Waals surface area contributed by atoms with Crippen LogP contribution in [0.1, 0.15) is 39.0 Å². The lowest BCUT2D eigenvalue weighted by atomic mass is 10.1. The van der Waals surface area contributed by atoms with Crippen molar-refractivity contribution in [3.05, 3.63) is 0 Å². The van der Waals surface area contributed by atoms with Gasteiger partial charge in [0.1, 0.15) is 0 Å². The fourth-order valence-electron chi connectivity index (χ4n) is 2.79. The summed E-state index contributed by atoms with van der Waals surface area (Å²) in [5, 5.41) is 3.47. The first kappa shape index (κ1) is 12.3. The van der Waals surface area contributed by atoms with Gasteiger partial charge in [-0.05, 0) is 52.1 Å². The second kappa shape index (κ2) is 6.58. The number of rotatable bonds is 4. The first-order valence-electron chi connectivity index (χ1n) is 6.92. The van der Waals surface area contributed by atoms with E-state index >= 15 is 0 Å². The third-order valence-corrected chi connectivity index (χ3v) is 3.93. The van der Waals surface area contributed by atoms with E-state index in [1.165, 1.54) is 51.7 Å². The van der Waals surface area contributed by atoms with Crippen LogP contribution in [0.15, 0.2) is 0 Å². The molecule has 0 aromatic heterocycles. The van der Waals surface area contributed by atoms with E-state index in [-0.39, 0.29) is 0 Å². The predicted molar refractivity (Wildman–Crippen MR) is 66.7 cm³/mol. The third-order valence-electron chi connectivity index (χ3n) is 3.93. The highest BCUT2D eigenvalue weighted by molar-refractivity contribution is 4.74. The van der Waals surface area contributed by atoms with E-state index in [0.29, 0.717) is 6.10 Å². The smallest absolute Gasteiger partial charge is 0.0576 e. The molecule has 16 heavy (non-hydrogen) atoms. The van der Waals surface area contributed by atoms with Crippen LogP contribution in [0.25, 0.3) is 0 Å². The van der Waals surface area contributed by atoms with Gasteiger partial charge in [0.05, 0.1) is 6.10 Å². The summed E-state index contributed by atoms with van der Waals surface area (Å²) < 4.78 is 5.66. The quantitative estimate of drug-likeness (QED) is 0.788. The SMILES string of the molecule is CC1CCNCCN1CCCC1CCCO1. The third kappa shape index (κ3) is 3.72. The molecule has 0 saturated carbocycles. The average molecular weight is 226 g/mol. The summed E-state index contributed by atoms with van der Waals surface area (Å²) in [4.78, 5) is 2.63. The molecule has 1 N–H and O–H groups in total. The minimum absolute atomic E-state index is 0.570. The number of hydrogen-bond acceptors (Lipinski definition) is 3. The van der Waals surface area contributed by atoms with Crippen LogP contribution in [-0.2, 0) is 4.74 Å². The van der Waals surface area contributed by atoms with E-state index in [1.54, 1.807) is 0 Å². The molecule has 2 aliphatic heterocycles. The van der Waals surface area contributed by atoms with Crippen molar-refractivity contribution >= 4 is 0 Å². The Morgan fingerprint density at radius 1 is 1.31 bits per heavy atom. The van der Waals surface area contributed by atoms with E-state index in [9.17, 15) is 0 Å². The summed E-state index contributed by atoms with van der Waals surface area (Å²) in [6.07, 6.45) is 6.98. The summed E-state index contributed by atoms with van der Waals surface area (Å²) in [6, 6.07) is 0.750. The van der Waals surface area contributed by atoms with Crippen LogP contribution in [0.5, 0.6) is 0 Å². The molecule has 2 unspecified atom stereocenters. The van der Waals surface area contributed by atoms with Crippen LogP contribution < -0.4 is 5.32 Å². The van der Waals surface area contributed by atoms with Crippen molar-refractivity contribution in [2.45, 2.75) is 51.2 Å². The van der Waals surface area contributed by atoms with Gasteiger partial charge in [0.2, 0.25) is 0 Å². The molecule has 2 rings (SSSR count). The lowest BCUT2D eigenvalue weighted by Crippen LogP contribution is -2.35. The molecule has 2 heterocycles. The second-order valence-corrected chi connectivity index (χ2v) is 5.20. The molecule has 0 aromatic carbocycles. The van der Waals surface area contributed by atoms with Crippen molar-refractivity contribution in [3.8, 4) is 0 Å². The van der Waals surface area contributed by atoms with Crippen LogP contribution in [0.2, 0.25) is 0 Å². The Labute approximate surface area is 99.5 Å². The highest BCUT2D eigenvalue weighted by Gasteiger charge is 2.18. The monoisotopic (exact) mass is 226 g/mol. The van der Waals surface area contributed by atoms with Crippen LogP contribution in [0.3, 0.4) is 0 Å². The minimum atomic E-state index is 0.570. The zero-order chi connectivity index (χ0) is 11.2. The van der Waals surface area contributed by atoms with Crippen LogP contribution in [0.4, 0.5) is 0 Å². The summed E-state index contributed by atoms with van der Waals surface area (Å²) >= 11 is 0. The summed E-state index contributed by atoms with van der Waals surface area (Å²) in [5.41, 5.74) is 0. The highest BCUT2D eigenvalue weighted by Crippen LogP contribution is 2.17. The average Bonchev–Trinajstić information content (AvgIpc) is 2.71. The van der Waals surface area contributed by atoms with Gasteiger partial charge in [-0.3, -0.25) is 4.90 Å². The van der Waals surface area contributed by atoms with Gasteiger partial charge in [-0.25, -0.2) is 0 Å². The maximum Gasteiger partial charge on any atom is 0.0576 e. The first-order chi connectivity index (χ1) is 7.86. The second-order valence-electron chi connectivity index (χ2n) is 5.20. The molecule has 0 radical (unpaired) electrons. The molecular formula is C13H26N2O. The molecule has 2 saturated heterocycles. The molecule has 0 spiro atoms. The van der Waals surface area contributed by atoms with E-state index in [1.807, 2.05) is 0 Å². The van der Waals surface area contributed by atoms with Gasteiger partial charge >= 0.3 is 0 Å². The number of nitrogens with zero attached hydrogens (tertiary/aromatic N) is 1. The van der Waals surface area contributed by atoms with Crippen molar-refractivity contribution in [3.63, 3.8) is 0 Å². The molecule has 0 aromatic rings. The summed E-state index contributed by atoms with van der Waals surface area (Å²) in [6.45, 7) is 8.16. The van der Waals surface area contributed by atoms with Gasteiger partial charge in [-0.2, -0.15) is 0 Å². The molecule has 3 heteroatoms. The molecule has 0 bridgehead atoms. The Morgan fingerprint density at radius 2 is 2.25 bits per heavy atom. The minimum Gasteiger partial charge on any atom is -0.378 e. The van der Waals surface area contributed by atoms with Crippen molar-refractivity contribution in [1.29, 1.82) is 0 Å². The van der Waals surface area contributed by atoms with Gasteiger partial charge in [-0.15, -0.1) is 0 Å². The normalized spacial score (nSPS) is 32.8. The fourth-order valence-corrected chi connectivity index (χ4v) is 2.79. The van der Waals surface area contributed by atoms with Crippen molar-refractivity contribution in [2.24, 2.45) is 0 Å². The number of hydrogen-bond donors (Lipinski definition) is 1. The van der Waals surface area contributed by atoms with Crippen LogP contribution >= 0.6 is 0 Å². The van der Waals surface area contributed by atoms with Crippen molar-refractivity contribution in [2.75, 3.05) is 32.8 Å². The number of nitrogens with one attached hydrogen (secondary N) is 1. The lowest BCUT2D eigenvalue weighted by molar-refractivity contribution is 0.0968. The molecule has 0 amide bonds. The highest BCUT2D eigenvalue weighted by atomic mass is 16.5. The maximum absolute atomic E-state index is 5.66. The topological polar surface area (TPSA) is 24.5 Å². The van der Waals surface area contributed by atoms with Crippen molar-refractivity contribution < 1.29 is 4.74 Å². The molecule has 2 atom stereocenters. The Kier molecular flexibility index (Phi) is 5.07. The van der Waals surface area contributed by atoms with Gasteiger partial charge in [-0.1, -0.05) is 0 Å². The van der Waals surface area contributed by atoms with Gasteiger partial charge < -0.3 is 10.1 Å². The lowest BCUT2D eigenvalue weighted by Gasteiger charge is -2.26. The Bertz CT molecular complexity index is 192. The number of ether oxygens (including phenoxy) is 1. The van der Waals surface area contributed by atoms with E-state index in [2.05, 4.69) is 17.1 Å². The molecule has 2 fully saturated rings. The van der Waals surface area contributed by atoms with E-state index < -0.39 is 0 Å². The predicted octanol–water partition coefficient (Wildman–Crippen LogP) is 1.63. The zero-order valence-corrected chi connectivity index (χ0v) is 10.6. The molecule has 94 valence electrons. The molecule has 0 aliphatic carbocycles. The maximum atomic E-state index is 5.66. The van der Waals surface area contributed by atoms with Gasteiger partial charge in [0, 0.05) is 25.7 Å². The molecular weight excluding hydrogens is 200 g/mol. The van der Waals surface area contributed by atoms with E-state index in [4.69, 9.17) is 4.74 Å². The Morgan fingerprint density at radius 3 is 3.06 bits per heavy atom. The van der Waals surface area contributed by atoms with Crippen LogP contribution in [-0.4, -0.2) is 49.8 Å². The largest absolute Gasteiger partial charge is 0.378 e. The molecule has 2 aliphatic rings. The van der Waals surface area contributed by atoms with Crippen LogP contribution in [0, 0.1) is 0 Å². The standard InChI is InChI=1S/C13H26N2O/c1-12-6-7-14-8-10-15(12)9-2-4-13-5-3-11-16-13/h12-14H,2-11H2,1H3. The Balaban J connectivity index is 1.63.